The Kier molecular flexibility index (Phi) is 3.68. The van der Waals surface area contributed by atoms with Crippen molar-refractivity contribution < 1.29 is 17.9 Å². The number of anilines is 1. The maximum atomic E-state index is 13.6. The van der Waals surface area contributed by atoms with Crippen molar-refractivity contribution in [2.75, 3.05) is 11.9 Å². The lowest BCUT2D eigenvalue weighted by molar-refractivity contribution is 0.354. The topological polar surface area (TPSA) is 21.3 Å². The van der Waals surface area contributed by atoms with Crippen LogP contribution in [0.4, 0.5) is 18.9 Å². The number of ether oxygens (including phenoxy) is 1. The second kappa shape index (κ2) is 5.48. The lowest BCUT2D eigenvalue weighted by Gasteiger charge is -2.12. The summed E-state index contributed by atoms with van der Waals surface area (Å²) in [4.78, 5) is 0. The van der Waals surface area contributed by atoms with E-state index in [0.29, 0.717) is 17.7 Å². The van der Waals surface area contributed by atoms with Gasteiger partial charge >= 0.3 is 0 Å². The fraction of sp³-hybridized carbons (Fsp3) is 0.200. The van der Waals surface area contributed by atoms with Gasteiger partial charge in [0.15, 0.2) is 11.6 Å². The van der Waals surface area contributed by atoms with Gasteiger partial charge in [-0.2, -0.15) is 0 Å². The van der Waals surface area contributed by atoms with Crippen LogP contribution >= 0.6 is 11.6 Å². The van der Waals surface area contributed by atoms with Crippen LogP contribution in [-0.2, 0) is 13.0 Å². The molecule has 0 aromatic heterocycles. The predicted molar refractivity (Wildman–Crippen MR) is 74.3 cm³/mol. The summed E-state index contributed by atoms with van der Waals surface area (Å²) in [6, 6.07) is 4.83. The molecule has 110 valence electrons. The van der Waals surface area contributed by atoms with Gasteiger partial charge in [0.1, 0.15) is 11.6 Å². The quantitative estimate of drug-likeness (QED) is 0.853. The molecule has 1 N–H and O–H groups in total. The Bertz CT molecular complexity index is 706. The number of hydrogen-bond donors (Lipinski definition) is 1. The summed E-state index contributed by atoms with van der Waals surface area (Å²) in [7, 11) is 0. The molecule has 0 radical (unpaired) electrons. The van der Waals surface area contributed by atoms with Gasteiger partial charge in [0.05, 0.1) is 12.3 Å². The zero-order valence-corrected chi connectivity index (χ0v) is 11.6. The van der Waals surface area contributed by atoms with Crippen LogP contribution < -0.4 is 10.1 Å². The first-order chi connectivity index (χ1) is 10.0. The van der Waals surface area contributed by atoms with Crippen molar-refractivity contribution in [2.24, 2.45) is 0 Å². The van der Waals surface area contributed by atoms with Gasteiger partial charge in [0, 0.05) is 35.7 Å². The van der Waals surface area contributed by atoms with Crippen LogP contribution in [0.2, 0.25) is 5.02 Å². The van der Waals surface area contributed by atoms with Crippen LogP contribution in [0.1, 0.15) is 11.1 Å². The van der Waals surface area contributed by atoms with Gasteiger partial charge in [0.2, 0.25) is 0 Å². The molecule has 0 amide bonds. The molecule has 0 bridgehead atoms. The Morgan fingerprint density at radius 3 is 2.62 bits per heavy atom. The van der Waals surface area contributed by atoms with Crippen LogP contribution in [0.3, 0.4) is 0 Å². The molecular formula is C15H11ClF3NO. The van der Waals surface area contributed by atoms with E-state index >= 15 is 0 Å². The number of fused-ring (bicyclic) bond motifs is 1. The first kappa shape index (κ1) is 14.1. The van der Waals surface area contributed by atoms with Crippen molar-refractivity contribution in [3.8, 4) is 5.75 Å². The third kappa shape index (κ3) is 2.78. The minimum Gasteiger partial charge on any atom is -0.493 e. The monoisotopic (exact) mass is 313 g/mol. The number of halogens is 4. The molecule has 2 aromatic rings. The summed E-state index contributed by atoms with van der Waals surface area (Å²) in [5.74, 6) is -2.46. The van der Waals surface area contributed by atoms with E-state index in [1.807, 2.05) is 6.07 Å². The average Bonchev–Trinajstić information content (AvgIpc) is 2.89. The highest BCUT2D eigenvalue weighted by atomic mass is 35.5. The van der Waals surface area contributed by atoms with Crippen LogP contribution in [0.15, 0.2) is 24.3 Å². The van der Waals surface area contributed by atoms with Crippen LogP contribution in [0, 0.1) is 17.5 Å². The highest BCUT2D eigenvalue weighted by Crippen LogP contribution is 2.33. The van der Waals surface area contributed by atoms with Gasteiger partial charge in [-0.3, -0.25) is 0 Å². The van der Waals surface area contributed by atoms with Crippen molar-refractivity contribution in [3.63, 3.8) is 0 Å². The summed E-state index contributed by atoms with van der Waals surface area (Å²) in [6.45, 7) is 0.771. The van der Waals surface area contributed by atoms with Gasteiger partial charge in [-0.25, -0.2) is 13.2 Å². The van der Waals surface area contributed by atoms with Gasteiger partial charge in [0.25, 0.3) is 0 Å². The Morgan fingerprint density at radius 2 is 1.81 bits per heavy atom. The van der Waals surface area contributed by atoms with Gasteiger partial charge in [-0.1, -0.05) is 11.6 Å². The average molecular weight is 314 g/mol. The van der Waals surface area contributed by atoms with Gasteiger partial charge in [-0.05, 0) is 17.7 Å². The van der Waals surface area contributed by atoms with E-state index in [-0.39, 0.29) is 12.2 Å². The highest BCUT2D eigenvalue weighted by Gasteiger charge is 2.18. The minimum atomic E-state index is -1.22. The molecule has 6 heteroatoms. The fourth-order valence-corrected chi connectivity index (χ4v) is 2.59. The summed E-state index contributed by atoms with van der Waals surface area (Å²) in [5, 5.41) is 3.29. The first-order valence-corrected chi connectivity index (χ1v) is 6.75. The molecule has 1 aliphatic rings. The smallest absolute Gasteiger partial charge is 0.161 e. The second-order valence-corrected chi connectivity index (χ2v) is 5.19. The summed E-state index contributed by atoms with van der Waals surface area (Å²) in [6.07, 6.45) is 0.766. The third-order valence-corrected chi connectivity index (χ3v) is 3.52. The van der Waals surface area contributed by atoms with E-state index in [4.69, 9.17) is 16.3 Å². The molecule has 2 nitrogen and oxygen atoms in total. The SMILES string of the molecule is Fc1cc(F)c(NCc2cc(Cl)cc3c2OCC3)cc1F. The van der Waals surface area contributed by atoms with E-state index in [9.17, 15) is 13.2 Å². The number of hydrogen-bond acceptors (Lipinski definition) is 2. The van der Waals surface area contributed by atoms with Crippen molar-refractivity contribution >= 4 is 17.3 Å². The van der Waals surface area contributed by atoms with Crippen LogP contribution in [-0.4, -0.2) is 6.61 Å². The highest BCUT2D eigenvalue weighted by molar-refractivity contribution is 6.30. The standard InChI is InChI=1S/C15H11ClF3NO/c16-10-3-8-1-2-21-15(8)9(4-10)7-20-14-6-12(18)11(17)5-13(14)19/h3-6,20H,1-2,7H2. The number of nitrogens with one attached hydrogen (secondary N) is 1. The van der Waals surface area contributed by atoms with E-state index in [1.54, 1.807) is 6.07 Å². The summed E-state index contributed by atoms with van der Waals surface area (Å²) >= 11 is 6.02. The Hall–Kier alpha value is -1.88. The second-order valence-electron chi connectivity index (χ2n) is 4.75. The summed E-state index contributed by atoms with van der Waals surface area (Å²) in [5.41, 5.74) is 1.63. The van der Waals surface area contributed by atoms with E-state index in [1.165, 1.54) is 0 Å². The Morgan fingerprint density at radius 1 is 1.05 bits per heavy atom. The molecule has 0 fully saturated rings. The first-order valence-electron chi connectivity index (χ1n) is 6.37. The maximum Gasteiger partial charge on any atom is 0.161 e. The minimum absolute atomic E-state index is 0.111. The molecule has 2 aromatic carbocycles. The fourth-order valence-electron chi connectivity index (χ4n) is 2.33. The normalized spacial score (nSPS) is 13.0. The zero-order valence-electron chi connectivity index (χ0n) is 10.9. The molecule has 1 aliphatic heterocycles. The lowest BCUT2D eigenvalue weighted by atomic mass is 10.1. The molecule has 0 saturated heterocycles. The van der Waals surface area contributed by atoms with E-state index in [0.717, 1.165) is 29.4 Å². The molecule has 0 unspecified atom stereocenters. The third-order valence-electron chi connectivity index (χ3n) is 3.30. The summed E-state index contributed by atoms with van der Waals surface area (Å²) < 4.78 is 45.1. The molecule has 0 atom stereocenters. The van der Waals surface area contributed by atoms with Crippen LogP contribution in [0.5, 0.6) is 5.75 Å². The predicted octanol–water partition coefficient (Wildman–Crippen LogP) is 4.30. The Labute approximate surface area is 124 Å². The maximum absolute atomic E-state index is 13.6. The molecule has 0 aliphatic carbocycles. The van der Waals surface area contributed by atoms with Crippen molar-refractivity contribution in [2.45, 2.75) is 13.0 Å². The van der Waals surface area contributed by atoms with Crippen molar-refractivity contribution in [1.29, 1.82) is 0 Å². The molecule has 0 saturated carbocycles. The zero-order chi connectivity index (χ0) is 15.0. The molecule has 3 rings (SSSR count). The molecule has 1 heterocycles. The van der Waals surface area contributed by atoms with E-state index in [2.05, 4.69) is 5.32 Å². The number of benzene rings is 2. The molecule has 0 spiro atoms. The van der Waals surface area contributed by atoms with Crippen molar-refractivity contribution in [3.05, 3.63) is 57.9 Å². The van der Waals surface area contributed by atoms with Crippen molar-refractivity contribution in [1.82, 2.24) is 0 Å². The molecule has 21 heavy (non-hydrogen) atoms. The molecular weight excluding hydrogens is 303 g/mol. The Balaban J connectivity index is 1.84. The van der Waals surface area contributed by atoms with E-state index < -0.39 is 17.5 Å². The van der Waals surface area contributed by atoms with Crippen LogP contribution in [0.25, 0.3) is 0 Å². The lowest BCUT2D eigenvalue weighted by Crippen LogP contribution is -2.04. The number of rotatable bonds is 3. The van der Waals surface area contributed by atoms with Gasteiger partial charge in [-0.15, -0.1) is 0 Å². The van der Waals surface area contributed by atoms with Gasteiger partial charge < -0.3 is 10.1 Å². The largest absolute Gasteiger partial charge is 0.493 e.